The molecule has 0 saturated carbocycles. The molecule has 0 N–H and O–H groups in total. The first-order valence-corrected chi connectivity index (χ1v) is 4.11. The molecule has 0 atom stereocenters. The molecule has 2 aromatic heterocycles. The first-order chi connectivity index (χ1) is 6.16. The molecule has 0 bridgehead atoms. The predicted octanol–water partition coefficient (Wildman–Crippen LogP) is 1.69. The van der Waals surface area contributed by atoms with Crippen molar-refractivity contribution in [2.45, 2.75) is 13.8 Å². The molecule has 0 aromatic carbocycles. The van der Waals surface area contributed by atoms with Crippen LogP contribution in [0.15, 0.2) is 16.8 Å². The van der Waals surface area contributed by atoms with Gasteiger partial charge >= 0.3 is 0 Å². The van der Waals surface area contributed by atoms with Crippen molar-refractivity contribution in [1.82, 2.24) is 14.9 Å². The van der Waals surface area contributed by atoms with Crippen LogP contribution in [0.25, 0.3) is 11.3 Å². The Hall–Kier alpha value is -1.58. The fourth-order valence-electron chi connectivity index (χ4n) is 1.33. The Morgan fingerprint density at radius 2 is 2.15 bits per heavy atom. The lowest BCUT2D eigenvalue weighted by Crippen LogP contribution is -1.86. The van der Waals surface area contributed by atoms with Crippen LogP contribution in [-0.2, 0) is 7.05 Å². The summed E-state index contributed by atoms with van der Waals surface area (Å²) in [6.07, 6.45) is 1.93. The third-order valence-electron chi connectivity index (χ3n) is 1.91. The molecule has 0 spiro atoms. The Morgan fingerprint density at radius 3 is 2.62 bits per heavy atom. The van der Waals surface area contributed by atoms with E-state index in [1.807, 2.05) is 33.2 Å². The van der Waals surface area contributed by atoms with Gasteiger partial charge in [0.15, 0.2) is 5.76 Å². The van der Waals surface area contributed by atoms with Gasteiger partial charge in [0.05, 0.1) is 17.0 Å². The van der Waals surface area contributed by atoms with E-state index in [2.05, 4.69) is 10.3 Å². The molecule has 0 aliphatic heterocycles. The van der Waals surface area contributed by atoms with E-state index in [9.17, 15) is 0 Å². The summed E-state index contributed by atoms with van der Waals surface area (Å²) in [6.45, 7) is 3.85. The van der Waals surface area contributed by atoms with Crippen LogP contribution in [0.1, 0.15) is 11.4 Å². The molecule has 4 heteroatoms. The highest BCUT2D eigenvalue weighted by Crippen LogP contribution is 2.22. The summed E-state index contributed by atoms with van der Waals surface area (Å²) in [4.78, 5) is 0. The second-order valence-electron chi connectivity index (χ2n) is 3.13. The molecular weight excluding hydrogens is 166 g/mol. The zero-order chi connectivity index (χ0) is 9.42. The van der Waals surface area contributed by atoms with Gasteiger partial charge in [-0.25, -0.2) is 0 Å². The molecule has 0 unspecified atom stereocenters. The second kappa shape index (κ2) is 2.73. The van der Waals surface area contributed by atoms with Gasteiger partial charge < -0.3 is 4.52 Å². The molecule has 0 amide bonds. The van der Waals surface area contributed by atoms with Crippen molar-refractivity contribution in [2.24, 2.45) is 7.05 Å². The van der Waals surface area contributed by atoms with Crippen LogP contribution in [0.2, 0.25) is 0 Å². The number of nitrogens with zero attached hydrogens (tertiary/aromatic N) is 3. The second-order valence-corrected chi connectivity index (χ2v) is 3.13. The standard InChI is InChI=1S/C9H11N3O/c1-6-4-9(13-11-6)8-5-12(3)10-7(8)2/h4-5H,1-3H3. The summed E-state index contributed by atoms with van der Waals surface area (Å²) < 4.78 is 6.91. The van der Waals surface area contributed by atoms with E-state index >= 15 is 0 Å². The minimum absolute atomic E-state index is 0.781. The highest BCUT2D eigenvalue weighted by atomic mass is 16.5. The van der Waals surface area contributed by atoms with Crippen molar-refractivity contribution in [1.29, 1.82) is 0 Å². The highest BCUT2D eigenvalue weighted by molar-refractivity contribution is 5.58. The van der Waals surface area contributed by atoms with Gasteiger partial charge in [-0.3, -0.25) is 4.68 Å². The lowest BCUT2D eigenvalue weighted by molar-refractivity contribution is 0.427. The van der Waals surface area contributed by atoms with Crippen LogP contribution < -0.4 is 0 Å². The maximum Gasteiger partial charge on any atom is 0.170 e. The van der Waals surface area contributed by atoms with Crippen molar-refractivity contribution in [2.75, 3.05) is 0 Å². The molecule has 0 aliphatic rings. The van der Waals surface area contributed by atoms with Crippen molar-refractivity contribution in [3.63, 3.8) is 0 Å². The zero-order valence-electron chi connectivity index (χ0n) is 7.90. The van der Waals surface area contributed by atoms with E-state index < -0.39 is 0 Å². The molecule has 2 rings (SSSR count). The Labute approximate surface area is 76.2 Å². The molecular formula is C9H11N3O. The molecule has 0 radical (unpaired) electrons. The first-order valence-electron chi connectivity index (χ1n) is 4.11. The van der Waals surface area contributed by atoms with Crippen molar-refractivity contribution in [3.05, 3.63) is 23.7 Å². The Morgan fingerprint density at radius 1 is 1.38 bits per heavy atom. The number of rotatable bonds is 1. The molecule has 2 heterocycles. The summed E-state index contributed by atoms with van der Waals surface area (Å²) in [5.74, 6) is 0.781. The monoisotopic (exact) mass is 177 g/mol. The van der Waals surface area contributed by atoms with Gasteiger partial charge in [-0.1, -0.05) is 5.16 Å². The Bertz CT molecular complexity index is 428. The zero-order valence-corrected chi connectivity index (χ0v) is 7.90. The van der Waals surface area contributed by atoms with Crippen LogP contribution >= 0.6 is 0 Å². The van der Waals surface area contributed by atoms with E-state index in [-0.39, 0.29) is 0 Å². The Kier molecular flexibility index (Phi) is 1.69. The van der Waals surface area contributed by atoms with Gasteiger partial charge in [-0.15, -0.1) is 0 Å². The van der Waals surface area contributed by atoms with E-state index in [4.69, 9.17) is 4.52 Å². The number of aromatic nitrogens is 3. The lowest BCUT2D eigenvalue weighted by atomic mass is 10.2. The lowest BCUT2D eigenvalue weighted by Gasteiger charge is -1.87. The first kappa shape index (κ1) is 8.04. The van der Waals surface area contributed by atoms with Gasteiger partial charge in [0, 0.05) is 19.3 Å². The summed E-state index contributed by atoms with van der Waals surface area (Å²) in [5.41, 5.74) is 2.85. The third kappa shape index (κ3) is 1.35. The van der Waals surface area contributed by atoms with E-state index in [0.29, 0.717) is 0 Å². The molecule has 0 fully saturated rings. The molecule has 0 saturated heterocycles. The quantitative estimate of drug-likeness (QED) is 0.665. The summed E-state index contributed by atoms with van der Waals surface area (Å²) >= 11 is 0. The number of aryl methyl sites for hydroxylation is 3. The molecule has 0 aliphatic carbocycles. The SMILES string of the molecule is Cc1cc(-c2cn(C)nc2C)on1. The van der Waals surface area contributed by atoms with Crippen LogP contribution in [-0.4, -0.2) is 14.9 Å². The summed E-state index contributed by atoms with van der Waals surface area (Å²) in [7, 11) is 1.89. The normalized spacial score (nSPS) is 10.7. The highest BCUT2D eigenvalue weighted by Gasteiger charge is 2.09. The van der Waals surface area contributed by atoms with Crippen molar-refractivity contribution >= 4 is 0 Å². The summed E-state index contributed by atoms with van der Waals surface area (Å²) in [5, 5.41) is 8.06. The molecule has 68 valence electrons. The van der Waals surface area contributed by atoms with Crippen LogP contribution in [0, 0.1) is 13.8 Å². The minimum Gasteiger partial charge on any atom is -0.356 e. The third-order valence-corrected chi connectivity index (χ3v) is 1.91. The van der Waals surface area contributed by atoms with Crippen molar-refractivity contribution < 1.29 is 4.52 Å². The van der Waals surface area contributed by atoms with Gasteiger partial charge in [-0.05, 0) is 13.8 Å². The van der Waals surface area contributed by atoms with Gasteiger partial charge in [-0.2, -0.15) is 5.10 Å². The average Bonchev–Trinajstić information content (AvgIpc) is 2.58. The minimum atomic E-state index is 0.781. The maximum atomic E-state index is 5.14. The van der Waals surface area contributed by atoms with Crippen LogP contribution in [0.4, 0.5) is 0 Å². The van der Waals surface area contributed by atoms with Gasteiger partial charge in [0.2, 0.25) is 0 Å². The predicted molar refractivity (Wildman–Crippen MR) is 48.2 cm³/mol. The average molecular weight is 177 g/mol. The fourth-order valence-corrected chi connectivity index (χ4v) is 1.33. The smallest absolute Gasteiger partial charge is 0.170 e. The van der Waals surface area contributed by atoms with E-state index in [1.165, 1.54) is 0 Å². The van der Waals surface area contributed by atoms with Gasteiger partial charge in [0.1, 0.15) is 0 Å². The Balaban J connectivity index is 2.51. The maximum absolute atomic E-state index is 5.14. The topological polar surface area (TPSA) is 43.9 Å². The van der Waals surface area contributed by atoms with Crippen molar-refractivity contribution in [3.8, 4) is 11.3 Å². The number of hydrogen-bond acceptors (Lipinski definition) is 3. The van der Waals surface area contributed by atoms with Crippen LogP contribution in [0.3, 0.4) is 0 Å². The molecule has 4 nitrogen and oxygen atoms in total. The van der Waals surface area contributed by atoms with E-state index in [0.717, 1.165) is 22.7 Å². The van der Waals surface area contributed by atoms with Gasteiger partial charge in [0.25, 0.3) is 0 Å². The fraction of sp³-hybridized carbons (Fsp3) is 0.333. The van der Waals surface area contributed by atoms with Crippen LogP contribution in [0.5, 0.6) is 0 Å². The molecule has 2 aromatic rings. The largest absolute Gasteiger partial charge is 0.356 e. The summed E-state index contributed by atoms with van der Waals surface area (Å²) in [6, 6.07) is 1.91. The van der Waals surface area contributed by atoms with E-state index in [1.54, 1.807) is 4.68 Å². The number of hydrogen-bond donors (Lipinski definition) is 0. The molecule has 13 heavy (non-hydrogen) atoms.